The van der Waals surface area contributed by atoms with E-state index in [-0.39, 0.29) is 17.7 Å². The van der Waals surface area contributed by atoms with E-state index in [2.05, 4.69) is 36.6 Å². The Morgan fingerprint density at radius 1 is 0.946 bits per heavy atom. The molecule has 3 aromatic carbocycles. The van der Waals surface area contributed by atoms with E-state index >= 15 is 0 Å². The highest BCUT2D eigenvalue weighted by Gasteiger charge is 2.36. The number of nitrogens with one attached hydrogen (secondary N) is 2. The second-order valence-corrected chi connectivity index (χ2v) is 10.5. The molecule has 6 heteroatoms. The van der Waals surface area contributed by atoms with Crippen LogP contribution in [0.15, 0.2) is 78.0 Å². The smallest absolute Gasteiger partial charge is 0.163 e. The number of ether oxygens (including phenoxy) is 2. The van der Waals surface area contributed by atoms with E-state index < -0.39 is 0 Å². The Bertz CT molecular complexity index is 1320. The van der Waals surface area contributed by atoms with Gasteiger partial charge in [0, 0.05) is 17.7 Å². The molecule has 0 fully saturated rings. The van der Waals surface area contributed by atoms with Crippen molar-refractivity contribution in [1.82, 2.24) is 0 Å². The number of hydrogen-bond donors (Lipinski definition) is 2. The largest absolute Gasteiger partial charge is 0.493 e. The van der Waals surface area contributed by atoms with Gasteiger partial charge in [-0.3, -0.25) is 4.79 Å². The lowest BCUT2D eigenvalue weighted by molar-refractivity contribution is -0.116. The Labute approximate surface area is 223 Å². The zero-order chi connectivity index (χ0) is 25.9. The summed E-state index contributed by atoms with van der Waals surface area (Å²) in [6.07, 6.45) is 1.19. The summed E-state index contributed by atoms with van der Waals surface area (Å²) in [6.45, 7) is 7.42. The minimum Gasteiger partial charge on any atom is -0.493 e. The van der Waals surface area contributed by atoms with Crippen LogP contribution in [0.5, 0.6) is 11.5 Å². The molecule has 192 valence electrons. The summed E-state index contributed by atoms with van der Waals surface area (Å²) in [6, 6.07) is 21.7. The van der Waals surface area contributed by atoms with Crippen molar-refractivity contribution in [3.05, 3.63) is 94.1 Å². The zero-order valence-corrected chi connectivity index (χ0v) is 22.3. The number of halogens is 1. The number of carbonyl (C=O) groups is 1. The molecule has 3 aromatic rings. The Morgan fingerprint density at radius 2 is 1.68 bits per heavy atom. The van der Waals surface area contributed by atoms with Crippen LogP contribution in [0, 0.1) is 5.92 Å². The molecule has 0 aromatic heterocycles. The fourth-order valence-electron chi connectivity index (χ4n) is 5.05. The highest BCUT2D eigenvalue weighted by atomic mass is 35.5. The van der Waals surface area contributed by atoms with Crippen LogP contribution >= 0.6 is 11.6 Å². The molecule has 0 radical (unpaired) electrons. The number of fused-ring (bicyclic) bond motifs is 1. The predicted molar refractivity (Wildman–Crippen MR) is 150 cm³/mol. The summed E-state index contributed by atoms with van der Waals surface area (Å²) >= 11 is 6.56. The number of Topliss-reactive ketones (excluding diaryl/α,β-unsaturated/α-hetero) is 1. The first kappa shape index (κ1) is 25.2. The SMILES string of the molecule is CCOc1ccc(C2Nc3ccccc3NC3=C2C(=O)CC(c2ccc(OCC(C)C)cc2)C3)cc1Cl. The lowest BCUT2D eigenvalue weighted by Gasteiger charge is -2.30. The molecule has 5 rings (SSSR count). The van der Waals surface area contributed by atoms with Gasteiger partial charge in [-0.15, -0.1) is 0 Å². The molecular formula is C31H33ClN2O3. The molecule has 2 atom stereocenters. The van der Waals surface area contributed by atoms with E-state index in [9.17, 15) is 4.79 Å². The van der Waals surface area contributed by atoms with Gasteiger partial charge >= 0.3 is 0 Å². The number of rotatable bonds is 7. The summed E-state index contributed by atoms with van der Waals surface area (Å²) in [7, 11) is 0. The maximum Gasteiger partial charge on any atom is 0.163 e. The summed E-state index contributed by atoms with van der Waals surface area (Å²) in [4.78, 5) is 13.8. The Kier molecular flexibility index (Phi) is 7.43. The lowest BCUT2D eigenvalue weighted by Crippen LogP contribution is -2.26. The molecule has 0 spiro atoms. The summed E-state index contributed by atoms with van der Waals surface area (Å²) in [5, 5.41) is 7.74. The first-order valence-electron chi connectivity index (χ1n) is 13.0. The Hall–Kier alpha value is -3.44. The number of allylic oxidation sites excluding steroid dienone is 1. The molecule has 2 unspecified atom stereocenters. The number of ketones is 1. The van der Waals surface area contributed by atoms with Gasteiger partial charge in [-0.1, -0.05) is 55.8 Å². The molecule has 0 saturated carbocycles. The highest BCUT2D eigenvalue weighted by Crippen LogP contribution is 2.45. The van der Waals surface area contributed by atoms with Crippen LogP contribution in [0.3, 0.4) is 0 Å². The van der Waals surface area contributed by atoms with E-state index in [1.165, 1.54) is 0 Å². The van der Waals surface area contributed by atoms with Crippen LogP contribution in [-0.2, 0) is 4.79 Å². The number of hydrogen-bond acceptors (Lipinski definition) is 5. The first-order valence-corrected chi connectivity index (χ1v) is 13.3. The van der Waals surface area contributed by atoms with Gasteiger partial charge in [0.05, 0.1) is 35.7 Å². The fraction of sp³-hybridized carbons (Fsp3) is 0.323. The van der Waals surface area contributed by atoms with Gasteiger partial charge in [-0.05, 0) is 72.7 Å². The maximum atomic E-state index is 13.8. The van der Waals surface area contributed by atoms with Crippen LogP contribution in [-0.4, -0.2) is 19.0 Å². The molecule has 1 aliphatic carbocycles. The van der Waals surface area contributed by atoms with Crippen molar-refractivity contribution in [2.24, 2.45) is 5.92 Å². The third-order valence-corrected chi connectivity index (χ3v) is 7.13. The molecular weight excluding hydrogens is 484 g/mol. The van der Waals surface area contributed by atoms with Crippen molar-refractivity contribution >= 4 is 28.8 Å². The van der Waals surface area contributed by atoms with Gasteiger partial charge < -0.3 is 20.1 Å². The van der Waals surface area contributed by atoms with E-state index in [1.54, 1.807) is 0 Å². The molecule has 5 nitrogen and oxygen atoms in total. The monoisotopic (exact) mass is 516 g/mol. The normalized spacial score (nSPS) is 18.9. The second kappa shape index (κ2) is 10.9. The number of para-hydroxylation sites is 2. The number of anilines is 2. The lowest BCUT2D eigenvalue weighted by atomic mass is 9.78. The van der Waals surface area contributed by atoms with Crippen molar-refractivity contribution in [2.45, 2.75) is 45.6 Å². The predicted octanol–water partition coefficient (Wildman–Crippen LogP) is 7.75. The van der Waals surface area contributed by atoms with Gasteiger partial charge in [-0.25, -0.2) is 0 Å². The highest BCUT2D eigenvalue weighted by molar-refractivity contribution is 6.32. The molecule has 0 amide bonds. The van der Waals surface area contributed by atoms with Gasteiger partial charge in [-0.2, -0.15) is 0 Å². The van der Waals surface area contributed by atoms with Crippen LogP contribution in [0.1, 0.15) is 56.7 Å². The maximum absolute atomic E-state index is 13.8. The van der Waals surface area contributed by atoms with Gasteiger partial charge in [0.1, 0.15) is 11.5 Å². The summed E-state index contributed by atoms with van der Waals surface area (Å²) in [5.41, 5.74) is 5.70. The first-order chi connectivity index (χ1) is 17.9. The van der Waals surface area contributed by atoms with Crippen molar-refractivity contribution in [3.63, 3.8) is 0 Å². The minimum absolute atomic E-state index is 0.0905. The van der Waals surface area contributed by atoms with Crippen molar-refractivity contribution in [3.8, 4) is 11.5 Å². The Morgan fingerprint density at radius 3 is 2.38 bits per heavy atom. The van der Waals surface area contributed by atoms with Crippen LogP contribution in [0.25, 0.3) is 0 Å². The molecule has 0 bridgehead atoms. The van der Waals surface area contributed by atoms with E-state index in [1.807, 2.05) is 61.5 Å². The molecule has 37 heavy (non-hydrogen) atoms. The Balaban J connectivity index is 1.48. The van der Waals surface area contributed by atoms with Crippen LogP contribution in [0.4, 0.5) is 11.4 Å². The van der Waals surface area contributed by atoms with Crippen molar-refractivity contribution < 1.29 is 14.3 Å². The fourth-order valence-corrected chi connectivity index (χ4v) is 5.29. The second-order valence-electron chi connectivity index (χ2n) is 10.1. The van der Waals surface area contributed by atoms with E-state index in [4.69, 9.17) is 21.1 Å². The zero-order valence-electron chi connectivity index (χ0n) is 21.5. The van der Waals surface area contributed by atoms with Crippen LogP contribution in [0.2, 0.25) is 5.02 Å². The topological polar surface area (TPSA) is 59.6 Å². The van der Waals surface area contributed by atoms with Crippen molar-refractivity contribution in [1.29, 1.82) is 0 Å². The van der Waals surface area contributed by atoms with Gasteiger partial charge in [0.15, 0.2) is 5.78 Å². The standard InChI is InChI=1S/C31H33ClN2O3/c1-4-36-29-14-11-21(15-24(29)32)31-30-27(33-25-7-5-6-8-26(25)34-31)16-22(17-28(30)35)20-9-12-23(13-10-20)37-18-19(2)3/h5-15,19,22,31,33-34H,4,16-18H2,1-3H3. The number of carbonyl (C=O) groups excluding carboxylic acids is 1. The van der Waals surface area contributed by atoms with Crippen molar-refractivity contribution in [2.75, 3.05) is 23.8 Å². The molecule has 0 saturated heterocycles. The third kappa shape index (κ3) is 5.47. The molecule has 2 N–H and O–H groups in total. The van der Waals surface area contributed by atoms with E-state index in [0.717, 1.165) is 45.9 Å². The molecule has 1 heterocycles. The molecule has 2 aliphatic rings. The number of benzene rings is 3. The van der Waals surface area contributed by atoms with Crippen LogP contribution < -0.4 is 20.1 Å². The molecule has 1 aliphatic heterocycles. The van der Waals surface area contributed by atoms with Gasteiger partial charge in [0.25, 0.3) is 0 Å². The summed E-state index contributed by atoms with van der Waals surface area (Å²) < 4.78 is 11.5. The average molecular weight is 517 g/mol. The third-order valence-electron chi connectivity index (χ3n) is 6.83. The van der Waals surface area contributed by atoms with Gasteiger partial charge in [0.2, 0.25) is 0 Å². The van der Waals surface area contributed by atoms with E-state index in [0.29, 0.717) is 36.3 Å². The summed E-state index contributed by atoms with van der Waals surface area (Å²) in [5.74, 6) is 2.20. The quantitative estimate of drug-likeness (QED) is 0.336. The average Bonchev–Trinajstić information content (AvgIpc) is 3.06. The minimum atomic E-state index is -0.320.